The first-order valence-corrected chi connectivity index (χ1v) is 7.38. The molecule has 108 valence electrons. The summed E-state index contributed by atoms with van der Waals surface area (Å²) in [6.07, 6.45) is 4.74. The Morgan fingerprint density at radius 1 is 1.20 bits per heavy atom. The van der Waals surface area contributed by atoms with Gasteiger partial charge in [-0.3, -0.25) is 0 Å². The minimum atomic E-state index is 0.554. The molecular formula is C15H19ClN2O2. The summed E-state index contributed by atoms with van der Waals surface area (Å²) in [6, 6.07) is 1.99. The van der Waals surface area contributed by atoms with Crippen LogP contribution in [0.25, 0.3) is 0 Å². The zero-order valence-corrected chi connectivity index (χ0v) is 12.7. The average molecular weight is 295 g/mol. The van der Waals surface area contributed by atoms with Crippen LogP contribution in [-0.4, -0.2) is 31.5 Å². The van der Waals surface area contributed by atoms with Crippen molar-refractivity contribution in [1.29, 1.82) is 0 Å². The maximum Gasteiger partial charge on any atom is 0.181 e. The molecule has 0 N–H and O–H groups in total. The Kier molecular flexibility index (Phi) is 3.74. The molecule has 0 aromatic heterocycles. The molecule has 0 amide bonds. The van der Waals surface area contributed by atoms with Crippen molar-refractivity contribution < 1.29 is 9.47 Å². The maximum absolute atomic E-state index is 6.45. The predicted molar refractivity (Wildman–Crippen MR) is 80.5 cm³/mol. The molecule has 0 radical (unpaired) electrons. The number of hydrogen-bond donors (Lipinski definition) is 0. The Balaban J connectivity index is 2.09. The Hall–Kier alpha value is -1.42. The molecule has 2 aliphatic rings. The third-order valence-electron chi connectivity index (χ3n) is 3.96. The molecule has 0 spiro atoms. The second-order valence-corrected chi connectivity index (χ2v) is 5.57. The molecule has 0 unspecified atom stereocenters. The number of fused-ring (bicyclic) bond motifs is 2. The van der Waals surface area contributed by atoms with Crippen LogP contribution < -0.4 is 9.47 Å². The van der Waals surface area contributed by atoms with E-state index in [-0.39, 0.29) is 0 Å². The van der Waals surface area contributed by atoms with Crippen molar-refractivity contribution in [2.75, 3.05) is 20.8 Å². The summed E-state index contributed by atoms with van der Waals surface area (Å²) >= 11 is 6.45. The normalized spacial score (nSPS) is 17.8. The van der Waals surface area contributed by atoms with Gasteiger partial charge >= 0.3 is 0 Å². The Labute approximate surface area is 124 Å². The fraction of sp³-hybridized carbons (Fsp3) is 0.533. The average Bonchev–Trinajstić information content (AvgIpc) is 2.70. The van der Waals surface area contributed by atoms with Gasteiger partial charge in [0.05, 0.1) is 19.9 Å². The molecule has 3 rings (SSSR count). The monoisotopic (exact) mass is 294 g/mol. The minimum absolute atomic E-state index is 0.554. The summed E-state index contributed by atoms with van der Waals surface area (Å²) in [4.78, 5) is 7.14. The third-order valence-corrected chi connectivity index (χ3v) is 4.31. The zero-order chi connectivity index (χ0) is 14.1. The summed E-state index contributed by atoms with van der Waals surface area (Å²) < 4.78 is 10.7. The molecule has 1 fully saturated rings. The van der Waals surface area contributed by atoms with E-state index >= 15 is 0 Å². The van der Waals surface area contributed by atoms with E-state index < -0.39 is 0 Å². The van der Waals surface area contributed by atoms with Crippen LogP contribution in [0, 0.1) is 0 Å². The van der Waals surface area contributed by atoms with Gasteiger partial charge in [0.2, 0.25) is 0 Å². The largest absolute Gasteiger partial charge is 0.493 e. The molecule has 2 aliphatic heterocycles. The van der Waals surface area contributed by atoms with Crippen LogP contribution in [0.5, 0.6) is 11.5 Å². The van der Waals surface area contributed by atoms with Crippen molar-refractivity contribution in [2.24, 2.45) is 4.99 Å². The van der Waals surface area contributed by atoms with Crippen LogP contribution in [0.1, 0.15) is 31.2 Å². The summed E-state index contributed by atoms with van der Waals surface area (Å²) in [6.45, 7) is 1.93. The molecule has 2 heterocycles. The van der Waals surface area contributed by atoms with E-state index in [4.69, 9.17) is 26.1 Å². The molecule has 20 heavy (non-hydrogen) atoms. The summed E-state index contributed by atoms with van der Waals surface area (Å²) in [5, 5.41) is 0.554. The molecule has 1 aromatic rings. The lowest BCUT2D eigenvalue weighted by Gasteiger charge is -2.30. The molecule has 1 saturated heterocycles. The number of rotatable bonds is 2. The SMILES string of the molecule is COc1cc2c(c(Cl)c1OC)N=C1CCCCCN1C2. The van der Waals surface area contributed by atoms with Crippen LogP contribution >= 0.6 is 11.6 Å². The molecule has 4 nitrogen and oxygen atoms in total. The van der Waals surface area contributed by atoms with Crippen molar-refractivity contribution in [3.63, 3.8) is 0 Å². The Morgan fingerprint density at radius 2 is 2.05 bits per heavy atom. The molecule has 5 heteroatoms. The first-order chi connectivity index (χ1) is 9.74. The Morgan fingerprint density at radius 3 is 2.80 bits per heavy atom. The van der Waals surface area contributed by atoms with Gasteiger partial charge in [-0.2, -0.15) is 0 Å². The third kappa shape index (κ3) is 2.22. The first kappa shape index (κ1) is 13.6. The molecule has 0 atom stereocenters. The van der Waals surface area contributed by atoms with E-state index in [1.807, 2.05) is 6.07 Å². The van der Waals surface area contributed by atoms with Gasteiger partial charge in [-0.05, 0) is 18.9 Å². The summed E-state index contributed by atoms with van der Waals surface area (Å²) in [5.41, 5.74) is 1.95. The fourth-order valence-corrected chi connectivity index (χ4v) is 3.25. The number of ether oxygens (including phenoxy) is 2. The minimum Gasteiger partial charge on any atom is -0.493 e. The highest BCUT2D eigenvalue weighted by Crippen LogP contribution is 2.46. The van der Waals surface area contributed by atoms with Crippen molar-refractivity contribution in [3.05, 3.63) is 16.7 Å². The van der Waals surface area contributed by atoms with Crippen molar-refractivity contribution in [3.8, 4) is 11.5 Å². The highest BCUT2D eigenvalue weighted by Gasteiger charge is 2.26. The van der Waals surface area contributed by atoms with Gasteiger partial charge in [0, 0.05) is 25.1 Å². The predicted octanol–water partition coefficient (Wildman–Crippen LogP) is 3.78. The number of halogens is 1. The van der Waals surface area contributed by atoms with Gasteiger partial charge in [-0.25, -0.2) is 4.99 Å². The molecular weight excluding hydrogens is 276 g/mol. The van der Waals surface area contributed by atoms with Gasteiger partial charge in [0.1, 0.15) is 10.9 Å². The van der Waals surface area contributed by atoms with E-state index in [1.165, 1.54) is 19.3 Å². The van der Waals surface area contributed by atoms with Crippen molar-refractivity contribution >= 4 is 23.1 Å². The number of hydrogen-bond acceptors (Lipinski definition) is 4. The van der Waals surface area contributed by atoms with E-state index in [0.717, 1.165) is 36.6 Å². The lowest BCUT2D eigenvalue weighted by atomic mass is 10.1. The van der Waals surface area contributed by atoms with Crippen LogP contribution in [0.15, 0.2) is 11.1 Å². The number of amidine groups is 1. The number of benzene rings is 1. The van der Waals surface area contributed by atoms with Gasteiger partial charge in [-0.15, -0.1) is 0 Å². The van der Waals surface area contributed by atoms with E-state index in [1.54, 1.807) is 14.2 Å². The van der Waals surface area contributed by atoms with Crippen molar-refractivity contribution in [2.45, 2.75) is 32.2 Å². The van der Waals surface area contributed by atoms with E-state index in [2.05, 4.69) is 4.90 Å². The highest BCUT2D eigenvalue weighted by atomic mass is 35.5. The second kappa shape index (κ2) is 5.52. The molecule has 1 aromatic carbocycles. The standard InChI is InChI=1S/C15H19ClN2O2/c1-19-11-8-10-9-18-7-5-3-4-6-12(18)17-14(10)13(16)15(11)20-2/h8H,3-7,9H2,1-2H3. The molecule has 0 saturated carbocycles. The number of methoxy groups -OCH3 is 2. The van der Waals surface area contributed by atoms with Crippen LogP contribution in [-0.2, 0) is 6.54 Å². The van der Waals surface area contributed by atoms with Gasteiger partial charge in [0.15, 0.2) is 11.5 Å². The number of aliphatic imine (C=N–C) groups is 1. The smallest absolute Gasteiger partial charge is 0.181 e. The molecule has 0 aliphatic carbocycles. The Bertz CT molecular complexity index is 557. The van der Waals surface area contributed by atoms with Crippen LogP contribution in [0.3, 0.4) is 0 Å². The number of nitrogens with zero attached hydrogens (tertiary/aromatic N) is 2. The highest BCUT2D eigenvalue weighted by molar-refractivity contribution is 6.35. The first-order valence-electron chi connectivity index (χ1n) is 7.00. The maximum atomic E-state index is 6.45. The quantitative estimate of drug-likeness (QED) is 0.832. The van der Waals surface area contributed by atoms with Crippen molar-refractivity contribution in [1.82, 2.24) is 4.90 Å². The van der Waals surface area contributed by atoms with Crippen LogP contribution in [0.4, 0.5) is 5.69 Å². The zero-order valence-electron chi connectivity index (χ0n) is 11.9. The van der Waals surface area contributed by atoms with Gasteiger partial charge in [-0.1, -0.05) is 18.0 Å². The molecule has 0 bridgehead atoms. The van der Waals surface area contributed by atoms with Gasteiger partial charge in [0.25, 0.3) is 0 Å². The fourth-order valence-electron chi connectivity index (χ4n) is 2.91. The lowest BCUT2D eigenvalue weighted by Crippen LogP contribution is -2.32. The van der Waals surface area contributed by atoms with Gasteiger partial charge < -0.3 is 14.4 Å². The lowest BCUT2D eigenvalue weighted by molar-refractivity contribution is 0.352. The topological polar surface area (TPSA) is 34.1 Å². The van der Waals surface area contributed by atoms with Crippen LogP contribution in [0.2, 0.25) is 5.02 Å². The second-order valence-electron chi connectivity index (χ2n) is 5.19. The summed E-state index contributed by atoms with van der Waals surface area (Å²) in [7, 11) is 3.23. The summed E-state index contributed by atoms with van der Waals surface area (Å²) in [5.74, 6) is 2.40. The van der Waals surface area contributed by atoms with E-state index in [9.17, 15) is 0 Å². The van der Waals surface area contributed by atoms with E-state index in [0.29, 0.717) is 16.5 Å².